The van der Waals surface area contributed by atoms with Crippen molar-refractivity contribution >= 4 is 16.8 Å². The number of fused-ring (bicyclic) bond motifs is 1. The first kappa shape index (κ1) is 18.0. The number of carbonyl (C=O) groups excluding carboxylic acids is 1. The molecule has 0 spiro atoms. The number of benzene rings is 2. The number of hydrogen-bond donors (Lipinski definition) is 1. The summed E-state index contributed by atoms with van der Waals surface area (Å²) < 4.78 is 4.10. The number of carbonyl (C=O) groups is 1. The fourth-order valence-corrected chi connectivity index (χ4v) is 3.64. The van der Waals surface area contributed by atoms with Crippen LogP contribution in [0.1, 0.15) is 28.2 Å². The highest BCUT2D eigenvalue weighted by atomic mass is 16.1. The zero-order valence-corrected chi connectivity index (χ0v) is 16.2. The Bertz CT molecular complexity index is 1110. The van der Waals surface area contributed by atoms with Crippen LogP contribution in [-0.2, 0) is 6.54 Å². The summed E-state index contributed by atoms with van der Waals surface area (Å²) in [6.07, 6.45) is 2.51. The van der Waals surface area contributed by atoms with Crippen LogP contribution in [0, 0.1) is 13.8 Å². The molecule has 4 aromatic rings. The topological polar surface area (TPSA) is 51.9 Å². The number of nitrogens with one attached hydrogen (secondary N) is 1. The van der Waals surface area contributed by atoms with Gasteiger partial charge in [0.05, 0.1) is 23.1 Å². The maximum atomic E-state index is 12.6. The van der Waals surface area contributed by atoms with Gasteiger partial charge in [0.25, 0.3) is 5.91 Å². The quantitative estimate of drug-likeness (QED) is 0.514. The van der Waals surface area contributed by atoms with Gasteiger partial charge < -0.3 is 9.88 Å². The Morgan fingerprint density at radius 2 is 1.79 bits per heavy atom. The smallest absolute Gasteiger partial charge is 0.254 e. The van der Waals surface area contributed by atoms with Crippen molar-refractivity contribution in [1.29, 1.82) is 0 Å². The molecule has 0 bridgehead atoms. The number of hydrogen-bond acceptors (Lipinski definition) is 2. The molecule has 0 saturated heterocycles. The lowest BCUT2D eigenvalue weighted by molar-refractivity contribution is 0.0952. The molecule has 1 amide bonds. The summed E-state index contributed by atoms with van der Waals surface area (Å²) in [6.45, 7) is 5.55. The van der Waals surface area contributed by atoms with E-state index in [1.165, 1.54) is 16.6 Å². The van der Waals surface area contributed by atoms with E-state index < -0.39 is 0 Å². The third-order valence-electron chi connectivity index (χ3n) is 5.12. The van der Waals surface area contributed by atoms with Gasteiger partial charge in [-0.25, -0.2) is 4.68 Å². The summed E-state index contributed by atoms with van der Waals surface area (Å²) >= 11 is 0. The average molecular weight is 372 g/mol. The van der Waals surface area contributed by atoms with Crippen molar-refractivity contribution in [2.24, 2.45) is 0 Å². The lowest BCUT2D eigenvalue weighted by Gasteiger charge is -2.09. The molecule has 0 unspecified atom stereocenters. The molecule has 1 N–H and O–H groups in total. The Labute approximate surface area is 164 Å². The van der Waals surface area contributed by atoms with Crippen molar-refractivity contribution in [3.05, 3.63) is 83.8 Å². The molecule has 2 aromatic carbocycles. The van der Waals surface area contributed by atoms with E-state index >= 15 is 0 Å². The summed E-state index contributed by atoms with van der Waals surface area (Å²) in [4.78, 5) is 12.6. The Morgan fingerprint density at radius 1 is 1.04 bits per heavy atom. The zero-order valence-electron chi connectivity index (χ0n) is 16.2. The number of nitrogens with zero attached hydrogens (tertiary/aromatic N) is 3. The fraction of sp³-hybridized carbons (Fsp3) is 0.217. The van der Waals surface area contributed by atoms with Gasteiger partial charge in [-0.05, 0) is 49.9 Å². The summed E-state index contributed by atoms with van der Waals surface area (Å²) in [5.74, 6) is -0.0752. The summed E-state index contributed by atoms with van der Waals surface area (Å²) in [5, 5.41) is 8.66. The molecule has 5 heteroatoms. The number of aryl methyl sites for hydroxylation is 2. The molecule has 5 nitrogen and oxygen atoms in total. The molecule has 0 fully saturated rings. The van der Waals surface area contributed by atoms with Crippen LogP contribution in [0.5, 0.6) is 0 Å². The average Bonchev–Trinajstić information content (AvgIpc) is 3.25. The third-order valence-corrected chi connectivity index (χ3v) is 5.12. The third kappa shape index (κ3) is 3.43. The van der Waals surface area contributed by atoms with Crippen LogP contribution in [0.15, 0.2) is 66.9 Å². The van der Waals surface area contributed by atoms with Crippen LogP contribution >= 0.6 is 0 Å². The predicted octanol–water partition coefficient (Wildman–Crippen LogP) is 4.26. The summed E-state index contributed by atoms with van der Waals surface area (Å²) in [5.41, 5.74) is 4.90. The van der Waals surface area contributed by atoms with Gasteiger partial charge in [-0.15, -0.1) is 0 Å². The summed E-state index contributed by atoms with van der Waals surface area (Å²) in [6, 6.07) is 20.4. The van der Waals surface area contributed by atoms with E-state index in [0.29, 0.717) is 12.1 Å². The van der Waals surface area contributed by atoms with Crippen LogP contribution in [-0.4, -0.2) is 26.8 Å². The molecule has 0 radical (unpaired) electrons. The van der Waals surface area contributed by atoms with Crippen LogP contribution in [0.25, 0.3) is 16.6 Å². The second-order valence-electron chi connectivity index (χ2n) is 7.00. The van der Waals surface area contributed by atoms with E-state index in [1.807, 2.05) is 37.3 Å². The lowest BCUT2D eigenvalue weighted by Crippen LogP contribution is -2.25. The Kier molecular flexibility index (Phi) is 4.98. The molecule has 0 atom stereocenters. The first-order valence-electron chi connectivity index (χ1n) is 9.58. The van der Waals surface area contributed by atoms with Gasteiger partial charge >= 0.3 is 0 Å². The molecular weight excluding hydrogens is 348 g/mol. The largest absolute Gasteiger partial charge is 0.352 e. The van der Waals surface area contributed by atoms with Gasteiger partial charge in [0, 0.05) is 24.3 Å². The predicted molar refractivity (Wildman–Crippen MR) is 112 cm³/mol. The van der Waals surface area contributed by atoms with Crippen molar-refractivity contribution in [2.75, 3.05) is 6.54 Å². The zero-order chi connectivity index (χ0) is 19.5. The van der Waals surface area contributed by atoms with Gasteiger partial charge in [-0.2, -0.15) is 5.10 Å². The van der Waals surface area contributed by atoms with Crippen LogP contribution < -0.4 is 5.32 Å². The maximum absolute atomic E-state index is 12.6. The minimum atomic E-state index is -0.0752. The number of para-hydroxylation sites is 2. The molecule has 0 saturated carbocycles. The number of rotatable bonds is 6. The SMILES string of the molecule is Cc1c(C(=O)NCCCn2c(C)cc3ccccc32)cnn1-c1ccccc1. The molecule has 0 aliphatic carbocycles. The maximum Gasteiger partial charge on any atom is 0.254 e. The van der Waals surface area contributed by atoms with Crippen molar-refractivity contribution in [3.8, 4) is 5.69 Å². The highest BCUT2D eigenvalue weighted by molar-refractivity contribution is 5.95. The van der Waals surface area contributed by atoms with E-state index in [1.54, 1.807) is 10.9 Å². The van der Waals surface area contributed by atoms with Crippen molar-refractivity contribution in [1.82, 2.24) is 19.7 Å². The lowest BCUT2D eigenvalue weighted by atomic mass is 10.2. The standard InChI is InChI=1S/C23H24N4O/c1-17-15-19-9-6-7-12-22(19)26(17)14-8-13-24-23(28)21-16-25-27(18(21)2)20-10-4-3-5-11-20/h3-7,9-12,15-16H,8,13-14H2,1-2H3,(H,24,28). The van der Waals surface area contributed by atoms with Crippen molar-refractivity contribution in [2.45, 2.75) is 26.8 Å². The first-order chi connectivity index (χ1) is 13.6. The Hall–Kier alpha value is -3.34. The Balaban J connectivity index is 1.37. The number of amides is 1. The highest BCUT2D eigenvalue weighted by Gasteiger charge is 2.14. The first-order valence-corrected chi connectivity index (χ1v) is 9.58. The molecule has 4 rings (SSSR count). The van der Waals surface area contributed by atoms with E-state index in [4.69, 9.17) is 0 Å². The highest BCUT2D eigenvalue weighted by Crippen LogP contribution is 2.19. The summed E-state index contributed by atoms with van der Waals surface area (Å²) in [7, 11) is 0. The minimum absolute atomic E-state index is 0.0752. The van der Waals surface area contributed by atoms with Gasteiger partial charge in [0.2, 0.25) is 0 Å². The van der Waals surface area contributed by atoms with E-state index in [-0.39, 0.29) is 5.91 Å². The molecule has 0 aliphatic heterocycles. The second kappa shape index (κ2) is 7.72. The fourth-order valence-electron chi connectivity index (χ4n) is 3.64. The molecule has 0 aliphatic rings. The van der Waals surface area contributed by atoms with E-state index in [2.05, 4.69) is 52.2 Å². The van der Waals surface area contributed by atoms with Gasteiger partial charge in [0.15, 0.2) is 0 Å². The van der Waals surface area contributed by atoms with E-state index in [0.717, 1.165) is 24.3 Å². The van der Waals surface area contributed by atoms with Crippen LogP contribution in [0.2, 0.25) is 0 Å². The van der Waals surface area contributed by atoms with Crippen LogP contribution in [0.3, 0.4) is 0 Å². The molecule has 28 heavy (non-hydrogen) atoms. The van der Waals surface area contributed by atoms with Gasteiger partial charge in [-0.3, -0.25) is 4.79 Å². The second-order valence-corrected chi connectivity index (χ2v) is 7.00. The van der Waals surface area contributed by atoms with Gasteiger partial charge in [-0.1, -0.05) is 36.4 Å². The number of aromatic nitrogens is 3. The van der Waals surface area contributed by atoms with Crippen LogP contribution in [0.4, 0.5) is 0 Å². The van der Waals surface area contributed by atoms with Crippen molar-refractivity contribution < 1.29 is 4.79 Å². The molecule has 142 valence electrons. The molecule has 2 heterocycles. The normalized spacial score (nSPS) is 11.1. The van der Waals surface area contributed by atoms with E-state index in [9.17, 15) is 4.79 Å². The molecular formula is C23H24N4O. The van der Waals surface area contributed by atoms with Gasteiger partial charge in [0.1, 0.15) is 0 Å². The molecule has 2 aromatic heterocycles. The Morgan fingerprint density at radius 3 is 2.61 bits per heavy atom. The monoisotopic (exact) mass is 372 g/mol. The van der Waals surface area contributed by atoms with Crippen molar-refractivity contribution in [3.63, 3.8) is 0 Å². The minimum Gasteiger partial charge on any atom is -0.352 e.